The molecular weight excluding hydrogens is 323 g/mol. The lowest BCUT2D eigenvalue weighted by Gasteiger charge is -2.17. The first-order chi connectivity index (χ1) is 10.9. The topological polar surface area (TPSA) is 20.3 Å². The number of fused-ring (bicyclic) bond motifs is 1. The minimum Gasteiger partial charge on any atom is -0.311 e. The van der Waals surface area contributed by atoms with Gasteiger partial charge in [0.2, 0.25) is 5.91 Å². The van der Waals surface area contributed by atoms with Gasteiger partial charge in [-0.1, -0.05) is 24.3 Å². The summed E-state index contributed by atoms with van der Waals surface area (Å²) in [5.41, 5.74) is 1.34. The molecule has 2 nitrogen and oxygen atoms in total. The van der Waals surface area contributed by atoms with E-state index in [-0.39, 0.29) is 11.7 Å². The van der Waals surface area contributed by atoms with Gasteiger partial charge in [0.1, 0.15) is 0 Å². The van der Waals surface area contributed by atoms with Crippen molar-refractivity contribution in [2.24, 2.45) is 0 Å². The Labute approximate surface area is 136 Å². The third kappa shape index (κ3) is 3.52. The lowest BCUT2D eigenvalue weighted by molar-refractivity contribution is -0.137. The van der Waals surface area contributed by atoms with Crippen LogP contribution >= 0.6 is 11.8 Å². The Morgan fingerprint density at radius 2 is 1.91 bits per heavy atom. The molecule has 1 heterocycles. The number of hydrogen-bond donors (Lipinski definition) is 0. The zero-order chi connectivity index (χ0) is 16.4. The molecule has 1 aliphatic heterocycles. The standard InChI is InChI=1S/C17H14F3NOS/c18-17(19,20)13-5-3-6-14(10-13)23-11-16(22)21-9-8-12-4-1-2-7-15(12)21/h1-7,10H,8-9,11H2. The molecule has 0 aliphatic carbocycles. The van der Waals surface area contributed by atoms with Crippen LogP contribution in [0.1, 0.15) is 11.1 Å². The summed E-state index contributed by atoms with van der Waals surface area (Å²) in [7, 11) is 0. The maximum absolute atomic E-state index is 12.7. The van der Waals surface area contributed by atoms with Crippen molar-refractivity contribution < 1.29 is 18.0 Å². The number of para-hydroxylation sites is 1. The summed E-state index contributed by atoms with van der Waals surface area (Å²) in [4.78, 5) is 14.5. The first kappa shape index (κ1) is 15.9. The Morgan fingerprint density at radius 3 is 2.70 bits per heavy atom. The molecule has 0 atom stereocenters. The number of amides is 1. The number of carbonyl (C=O) groups is 1. The highest BCUT2D eigenvalue weighted by Gasteiger charge is 2.30. The summed E-state index contributed by atoms with van der Waals surface area (Å²) >= 11 is 1.13. The third-order valence-corrected chi connectivity index (χ3v) is 4.69. The summed E-state index contributed by atoms with van der Waals surface area (Å²) in [6, 6.07) is 12.8. The molecule has 0 radical (unpaired) electrons. The van der Waals surface area contributed by atoms with E-state index in [9.17, 15) is 18.0 Å². The van der Waals surface area contributed by atoms with Gasteiger partial charge in [0.15, 0.2) is 0 Å². The first-order valence-corrected chi connectivity index (χ1v) is 8.12. The highest BCUT2D eigenvalue weighted by atomic mass is 32.2. The van der Waals surface area contributed by atoms with Crippen molar-refractivity contribution in [3.8, 4) is 0 Å². The van der Waals surface area contributed by atoms with E-state index in [1.807, 2.05) is 24.3 Å². The van der Waals surface area contributed by atoms with Gasteiger partial charge >= 0.3 is 6.18 Å². The fraction of sp³-hybridized carbons (Fsp3) is 0.235. The normalized spacial score (nSPS) is 14.0. The molecule has 0 spiro atoms. The molecule has 0 saturated carbocycles. The van der Waals surface area contributed by atoms with Crippen molar-refractivity contribution in [2.75, 3.05) is 17.2 Å². The van der Waals surface area contributed by atoms with Crippen LogP contribution in [0.3, 0.4) is 0 Å². The van der Waals surface area contributed by atoms with Gasteiger partial charge in [-0.15, -0.1) is 11.8 Å². The van der Waals surface area contributed by atoms with E-state index in [1.165, 1.54) is 6.07 Å². The molecule has 0 unspecified atom stereocenters. The van der Waals surface area contributed by atoms with Gasteiger partial charge in [-0.25, -0.2) is 0 Å². The van der Waals surface area contributed by atoms with Crippen molar-refractivity contribution >= 4 is 23.4 Å². The summed E-state index contributed by atoms with van der Waals surface area (Å²) in [5, 5.41) is 0. The van der Waals surface area contributed by atoms with E-state index in [0.29, 0.717) is 11.4 Å². The van der Waals surface area contributed by atoms with Gasteiger partial charge in [0.05, 0.1) is 11.3 Å². The van der Waals surface area contributed by atoms with Crippen molar-refractivity contribution in [3.63, 3.8) is 0 Å². The lowest BCUT2D eigenvalue weighted by Crippen LogP contribution is -2.30. The van der Waals surface area contributed by atoms with Crippen LogP contribution in [0.2, 0.25) is 0 Å². The molecule has 0 saturated heterocycles. The minimum absolute atomic E-state index is 0.0858. The van der Waals surface area contributed by atoms with Crippen LogP contribution in [-0.2, 0) is 17.4 Å². The molecule has 1 aliphatic rings. The predicted molar refractivity (Wildman–Crippen MR) is 84.7 cm³/mol. The van der Waals surface area contributed by atoms with Gasteiger partial charge in [0, 0.05) is 17.1 Å². The van der Waals surface area contributed by atoms with Crippen molar-refractivity contribution in [3.05, 3.63) is 59.7 Å². The van der Waals surface area contributed by atoms with Crippen LogP contribution in [0.25, 0.3) is 0 Å². The zero-order valence-corrected chi connectivity index (χ0v) is 13.0. The number of anilines is 1. The molecule has 2 aromatic rings. The number of alkyl halides is 3. The molecule has 6 heteroatoms. The molecule has 2 aromatic carbocycles. The fourth-order valence-corrected chi connectivity index (χ4v) is 3.41. The largest absolute Gasteiger partial charge is 0.416 e. The average molecular weight is 337 g/mol. The molecule has 0 bridgehead atoms. The van der Waals surface area contributed by atoms with Crippen molar-refractivity contribution in [1.29, 1.82) is 0 Å². The van der Waals surface area contributed by atoms with Gasteiger partial charge in [-0.3, -0.25) is 4.79 Å². The smallest absolute Gasteiger partial charge is 0.311 e. The van der Waals surface area contributed by atoms with Crippen LogP contribution in [0.4, 0.5) is 18.9 Å². The highest BCUT2D eigenvalue weighted by Crippen LogP contribution is 2.33. The molecular formula is C17H14F3NOS. The highest BCUT2D eigenvalue weighted by molar-refractivity contribution is 8.00. The second-order valence-corrected chi connectivity index (χ2v) is 6.29. The third-order valence-electron chi connectivity index (χ3n) is 3.71. The molecule has 0 N–H and O–H groups in total. The summed E-state index contributed by atoms with van der Waals surface area (Å²) in [5.74, 6) is 0.0349. The number of carbonyl (C=O) groups excluding carboxylic acids is 1. The molecule has 1 amide bonds. The van der Waals surface area contributed by atoms with Crippen LogP contribution in [0, 0.1) is 0 Å². The van der Waals surface area contributed by atoms with Gasteiger partial charge in [-0.2, -0.15) is 13.2 Å². The molecule has 3 rings (SSSR count). The summed E-state index contributed by atoms with van der Waals surface area (Å²) in [6.07, 6.45) is -3.55. The minimum atomic E-state index is -4.37. The molecule has 23 heavy (non-hydrogen) atoms. The Kier molecular flexibility index (Phi) is 4.35. The van der Waals surface area contributed by atoms with E-state index in [4.69, 9.17) is 0 Å². The van der Waals surface area contributed by atoms with Crippen LogP contribution in [-0.4, -0.2) is 18.2 Å². The van der Waals surface area contributed by atoms with Gasteiger partial charge in [-0.05, 0) is 36.2 Å². The lowest BCUT2D eigenvalue weighted by atomic mass is 10.2. The monoisotopic (exact) mass is 337 g/mol. The van der Waals surface area contributed by atoms with Crippen LogP contribution < -0.4 is 4.90 Å². The molecule has 0 aromatic heterocycles. The summed E-state index contributed by atoms with van der Waals surface area (Å²) < 4.78 is 38.1. The second-order valence-electron chi connectivity index (χ2n) is 5.24. The van der Waals surface area contributed by atoms with Gasteiger partial charge in [0.25, 0.3) is 0 Å². The van der Waals surface area contributed by atoms with E-state index in [0.717, 1.165) is 41.6 Å². The Balaban J connectivity index is 1.67. The maximum Gasteiger partial charge on any atom is 0.416 e. The fourth-order valence-electron chi connectivity index (χ4n) is 2.58. The zero-order valence-electron chi connectivity index (χ0n) is 12.1. The van der Waals surface area contributed by atoms with Crippen LogP contribution in [0.15, 0.2) is 53.4 Å². The predicted octanol–water partition coefficient (Wildman–Crippen LogP) is 4.39. The number of rotatable bonds is 3. The van der Waals surface area contributed by atoms with E-state index >= 15 is 0 Å². The number of benzene rings is 2. The first-order valence-electron chi connectivity index (χ1n) is 7.13. The van der Waals surface area contributed by atoms with E-state index in [1.54, 1.807) is 11.0 Å². The number of thioether (sulfide) groups is 1. The van der Waals surface area contributed by atoms with Crippen molar-refractivity contribution in [2.45, 2.75) is 17.5 Å². The number of halogens is 3. The average Bonchev–Trinajstić information content (AvgIpc) is 2.96. The number of hydrogen-bond acceptors (Lipinski definition) is 2. The Hall–Kier alpha value is -1.95. The Morgan fingerprint density at radius 1 is 1.13 bits per heavy atom. The SMILES string of the molecule is O=C(CSc1cccc(C(F)(F)F)c1)N1CCc2ccccc21. The molecule has 120 valence electrons. The maximum atomic E-state index is 12.7. The number of nitrogens with zero attached hydrogens (tertiary/aromatic N) is 1. The van der Waals surface area contributed by atoms with Crippen molar-refractivity contribution in [1.82, 2.24) is 0 Å². The quantitative estimate of drug-likeness (QED) is 0.775. The van der Waals surface area contributed by atoms with Crippen LogP contribution in [0.5, 0.6) is 0 Å². The van der Waals surface area contributed by atoms with Gasteiger partial charge < -0.3 is 4.90 Å². The summed E-state index contributed by atoms with van der Waals surface area (Å²) in [6.45, 7) is 0.626. The van der Waals surface area contributed by atoms with E-state index < -0.39 is 11.7 Å². The second kappa shape index (κ2) is 6.28. The molecule has 0 fully saturated rings. The van der Waals surface area contributed by atoms with E-state index in [2.05, 4.69) is 0 Å². The Bertz CT molecular complexity index is 730.